The van der Waals surface area contributed by atoms with Crippen LogP contribution in [-0.4, -0.2) is 27.3 Å². The Hall–Kier alpha value is -0.870. The standard InChI is InChI=1S/C12H21N3O/c1-15-7-6-13-12(15)8-14-11-5-3-2-4-10(11)9-16/h6-7,10-11,14,16H,2-5,8-9H2,1H3. The van der Waals surface area contributed by atoms with E-state index in [0.717, 1.165) is 18.8 Å². The van der Waals surface area contributed by atoms with Crippen molar-refractivity contribution in [3.63, 3.8) is 0 Å². The summed E-state index contributed by atoms with van der Waals surface area (Å²) in [5.41, 5.74) is 0. The maximum absolute atomic E-state index is 9.31. The number of nitrogens with one attached hydrogen (secondary N) is 1. The van der Waals surface area contributed by atoms with Crippen molar-refractivity contribution in [2.45, 2.75) is 38.3 Å². The van der Waals surface area contributed by atoms with Crippen molar-refractivity contribution in [3.05, 3.63) is 18.2 Å². The molecule has 0 radical (unpaired) electrons. The molecule has 0 saturated heterocycles. The monoisotopic (exact) mass is 223 g/mol. The number of aromatic nitrogens is 2. The van der Waals surface area contributed by atoms with E-state index in [1.807, 2.05) is 24.0 Å². The molecule has 4 nitrogen and oxygen atoms in total. The predicted molar refractivity (Wildman–Crippen MR) is 62.9 cm³/mol. The molecule has 1 heterocycles. The van der Waals surface area contributed by atoms with Crippen LogP contribution < -0.4 is 5.32 Å². The largest absolute Gasteiger partial charge is 0.396 e. The van der Waals surface area contributed by atoms with Crippen molar-refractivity contribution in [1.29, 1.82) is 0 Å². The maximum atomic E-state index is 9.31. The number of imidazole rings is 1. The van der Waals surface area contributed by atoms with E-state index in [4.69, 9.17) is 0 Å². The smallest absolute Gasteiger partial charge is 0.122 e. The summed E-state index contributed by atoms with van der Waals surface area (Å²) in [6, 6.07) is 0.454. The Kier molecular flexibility index (Phi) is 3.96. The number of hydrogen-bond acceptors (Lipinski definition) is 3. The highest BCUT2D eigenvalue weighted by Gasteiger charge is 2.23. The molecule has 2 atom stereocenters. The van der Waals surface area contributed by atoms with Crippen molar-refractivity contribution in [3.8, 4) is 0 Å². The van der Waals surface area contributed by atoms with E-state index in [2.05, 4.69) is 10.3 Å². The Balaban J connectivity index is 1.86. The third-order valence-electron chi connectivity index (χ3n) is 3.59. The van der Waals surface area contributed by atoms with Crippen molar-refractivity contribution in [2.24, 2.45) is 13.0 Å². The number of aliphatic hydroxyl groups is 1. The molecular weight excluding hydrogens is 202 g/mol. The number of rotatable bonds is 4. The summed E-state index contributed by atoms with van der Waals surface area (Å²) in [6.45, 7) is 1.10. The van der Waals surface area contributed by atoms with Gasteiger partial charge in [-0.05, 0) is 18.8 Å². The SMILES string of the molecule is Cn1ccnc1CNC1CCCCC1CO. The van der Waals surface area contributed by atoms with Gasteiger partial charge < -0.3 is 15.0 Å². The van der Waals surface area contributed by atoms with Gasteiger partial charge in [0.15, 0.2) is 0 Å². The van der Waals surface area contributed by atoms with Gasteiger partial charge in [-0.2, -0.15) is 0 Å². The van der Waals surface area contributed by atoms with Crippen LogP contribution in [0.15, 0.2) is 12.4 Å². The number of aryl methyl sites for hydroxylation is 1. The van der Waals surface area contributed by atoms with Crippen molar-refractivity contribution < 1.29 is 5.11 Å². The fourth-order valence-corrected chi connectivity index (χ4v) is 2.48. The Bertz CT molecular complexity index is 324. The zero-order chi connectivity index (χ0) is 11.4. The summed E-state index contributed by atoms with van der Waals surface area (Å²) in [4.78, 5) is 4.29. The highest BCUT2D eigenvalue weighted by atomic mass is 16.3. The minimum atomic E-state index is 0.304. The third kappa shape index (κ3) is 2.62. The summed E-state index contributed by atoms with van der Waals surface area (Å²) in [5, 5.41) is 12.8. The molecule has 2 unspecified atom stereocenters. The predicted octanol–water partition coefficient (Wildman–Crippen LogP) is 1.06. The zero-order valence-corrected chi connectivity index (χ0v) is 9.89. The van der Waals surface area contributed by atoms with E-state index >= 15 is 0 Å². The van der Waals surface area contributed by atoms with E-state index in [-0.39, 0.29) is 0 Å². The van der Waals surface area contributed by atoms with Gasteiger partial charge in [-0.1, -0.05) is 12.8 Å². The Morgan fingerprint density at radius 2 is 2.31 bits per heavy atom. The number of hydrogen-bond donors (Lipinski definition) is 2. The van der Waals surface area contributed by atoms with Crippen LogP contribution >= 0.6 is 0 Å². The average Bonchev–Trinajstić information content (AvgIpc) is 2.72. The van der Waals surface area contributed by atoms with Gasteiger partial charge in [-0.25, -0.2) is 4.98 Å². The van der Waals surface area contributed by atoms with Gasteiger partial charge >= 0.3 is 0 Å². The first-order valence-corrected chi connectivity index (χ1v) is 6.11. The molecule has 4 heteroatoms. The maximum Gasteiger partial charge on any atom is 0.122 e. The Morgan fingerprint density at radius 1 is 1.50 bits per heavy atom. The summed E-state index contributed by atoms with van der Waals surface area (Å²) >= 11 is 0. The van der Waals surface area contributed by atoms with Crippen molar-refractivity contribution in [1.82, 2.24) is 14.9 Å². The van der Waals surface area contributed by atoms with Gasteiger partial charge in [-0.3, -0.25) is 0 Å². The van der Waals surface area contributed by atoms with Crippen LogP contribution in [0.5, 0.6) is 0 Å². The average molecular weight is 223 g/mol. The van der Waals surface area contributed by atoms with Crippen molar-refractivity contribution in [2.75, 3.05) is 6.61 Å². The van der Waals surface area contributed by atoms with Gasteiger partial charge in [0.2, 0.25) is 0 Å². The topological polar surface area (TPSA) is 50.1 Å². The van der Waals surface area contributed by atoms with E-state index in [1.54, 1.807) is 0 Å². The molecule has 1 fully saturated rings. The van der Waals surface area contributed by atoms with Crippen LogP contribution in [-0.2, 0) is 13.6 Å². The molecule has 90 valence electrons. The molecule has 2 rings (SSSR count). The first-order chi connectivity index (χ1) is 7.81. The molecule has 0 aliphatic heterocycles. The number of nitrogens with zero attached hydrogens (tertiary/aromatic N) is 2. The van der Waals surface area contributed by atoms with Gasteiger partial charge in [0.05, 0.1) is 6.54 Å². The summed E-state index contributed by atoms with van der Waals surface area (Å²) in [7, 11) is 2.01. The summed E-state index contributed by atoms with van der Waals surface area (Å²) in [5.74, 6) is 1.48. The fraction of sp³-hybridized carbons (Fsp3) is 0.750. The highest BCUT2D eigenvalue weighted by molar-refractivity contribution is 4.92. The molecule has 16 heavy (non-hydrogen) atoms. The van der Waals surface area contributed by atoms with E-state index in [0.29, 0.717) is 18.6 Å². The number of aliphatic hydroxyl groups excluding tert-OH is 1. The first-order valence-electron chi connectivity index (χ1n) is 6.11. The van der Waals surface area contributed by atoms with Crippen LogP contribution in [0.3, 0.4) is 0 Å². The molecule has 1 saturated carbocycles. The fourth-order valence-electron chi connectivity index (χ4n) is 2.48. The normalized spacial score (nSPS) is 25.9. The van der Waals surface area contributed by atoms with Crippen molar-refractivity contribution >= 4 is 0 Å². The first kappa shape index (κ1) is 11.6. The van der Waals surface area contributed by atoms with E-state index < -0.39 is 0 Å². The Morgan fingerprint density at radius 3 is 3.00 bits per heavy atom. The van der Waals surface area contributed by atoms with Gasteiger partial charge in [-0.15, -0.1) is 0 Å². The third-order valence-corrected chi connectivity index (χ3v) is 3.59. The molecule has 1 aromatic rings. The van der Waals surface area contributed by atoms with Crippen LogP contribution in [0.1, 0.15) is 31.5 Å². The lowest BCUT2D eigenvalue weighted by atomic mass is 9.85. The minimum Gasteiger partial charge on any atom is -0.396 e. The summed E-state index contributed by atoms with van der Waals surface area (Å²) in [6.07, 6.45) is 8.63. The van der Waals surface area contributed by atoms with Crippen LogP contribution in [0.2, 0.25) is 0 Å². The lowest BCUT2D eigenvalue weighted by Gasteiger charge is -2.30. The molecule has 0 amide bonds. The highest BCUT2D eigenvalue weighted by Crippen LogP contribution is 2.24. The van der Waals surface area contributed by atoms with Gasteiger partial charge in [0, 0.05) is 32.1 Å². The summed E-state index contributed by atoms with van der Waals surface area (Å²) < 4.78 is 2.03. The minimum absolute atomic E-state index is 0.304. The lowest BCUT2D eigenvalue weighted by molar-refractivity contribution is 0.152. The molecule has 1 aliphatic rings. The molecule has 0 spiro atoms. The molecule has 2 N–H and O–H groups in total. The van der Waals surface area contributed by atoms with E-state index in [1.165, 1.54) is 19.3 Å². The second-order valence-corrected chi connectivity index (χ2v) is 4.67. The van der Waals surface area contributed by atoms with Gasteiger partial charge in [0.25, 0.3) is 0 Å². The molecule has 0 aromatic carbocycles. The zero-order valence-electron chi connectivity index (χ0n) is 9.89. The van der Waals surface area contributed by atoms with Crippen LogP contribution in [0.4, 0.5) is 0 Å². The molecule has 0 bridgehead atoms. The van der Waals surface area contributed by atoms with Gasteiger partial charge in [0.1, 0.15) is 5.82 Å². The molecule has 1 aromatic heterocycles. The van der Waals surface area contributed by atoms with E-state index in [9.17, 15) is 5.11 Å². The second-order valence-electron chi connectivity index (χ2n) is 4.67. The quantitative estimate of drug-likeness (QED) is 0.802. The molecule has 1 aliphatic carbocycles. The second kappa shape index (κ2) is 5.46. The van der Waals surface area contributed by atoms with Crippen LogP contribution in [0, 0.1) is 5.92 Å². The lowest BCUT2D eigenvalue weighted by Crippen LogP contribution is -2.40. The van der Waals surface area contributed by atoms with Crippen LogP contribution in [0.25, 0.3) is 0 Å². The Labute approximate surface area is 96.7 Å². The molecular formula is C12H21N3O.